The third-order valence-corrected chi connectivity index (χ3v) is 9.19. The van der Waals surface area contributed by atoms with E-state index in [4.69, 9.17) is 4.74 Å². The molecule has 2 aliphatic rings. The van der Waals surface area contributed by atoms with Crippen LogP contribution in [0, 0.1) is 0 Å². The lowest BCUT2D eigenvalue weighted by Crippen LogP contribution is -2.50. The predicted octanol–water partition coefficient (Wildman–Crippen LogP) is 0.466. The van der Waals surface area contributed by atoms with Crippen molar-refractivity contribution in [1.29, 1.82) is 0 Å². The van der Waals surface area contributed by atoms with Gasteiger partial charge in [-0.3, -0.25) is 9.59 Å². The maximum atomic E-state index is 13.0. The minimum Gasteiger partial charge on any atom is -0.454 e. The van der Waals surface area contributed by atoms with Crippen molar-refractivity contribution in [3.63, 3.8) is 0 Å². The fraction of sp³-hybridized carbons (Fsp3) is 0.579. The van der Waals surface area contributed by atoms with Crippen LogP contribution >= 0.6 is 0 Å². The first kappa shape index (κ1) is 22.7. The first-order valence-corrected chi connectivity index (χ1v) is 13.0. The molecule has 2 unspecified atom stereocenters. The molecule has 3 rings (SSSR count). The van der Waals surface area contributed by atoms with Gasteiger partial charge in [0.15, 0.2) is 16.4 Å². The van der Waals surface area contributed by atoms with Crippen molar-refractivity contribution < 1.29 is 31.2 Å². The van der Waals surface area contributed by atoms with E-state index in [-0.39, 0.29) is 22.9 Å². The van der Waals surface area contributed by atoms with Gasteiger partial charge in [-0.1, -0.05) is 18.2 Å². The third kappa shape index (κ3) is 5.19. The SMILES string of the molecule is CC1(NC(=O)COC(=O)C2CCCCN2S(=O)(=O)c2ccccc2)CCS(=O)(=O)C1. The highest BCUT2D eigenvalue weighted by Gasteiger charge is 2.41. The lowest BCUT2D eigenvalue weighted by atomic mass is 10.0. The van der Waals surface area contributed by atoms with Crippen LogP contribution in [0.1, 0.15) is 32.6 Å². The molecule has 1 aromatic rings. The molecule has 2 saturated heterocycles. The summed E-state index contributed by atoms with van der Waals surface area (Å²) in [5, 5.41) is 2.61. The second kappa shape index (κ2) is 8.64. The molecular weight excluding hydrogens is 432 g/mol. The molecule has 0 saturated carbocycles. The van der Waals surface area contributed by atoms with E-state index in [2.05, 4.69) is 5.32 Å². The van der Waals surface area contributed by atoms with Gasteiger partial charge < -0.3 is 10.1 Å². The summed E-state index contributed by atoms with van der Waals surface area (Å²) in [7, 11) is -7.06. The fourth-order valence-corrected chi connectivity index (χ4v) is 7.63. The third-order valence-electron chi connectivity index (χ3n) is 5.37. The molecule has 0 aliphatic carbocycles. The van der Waals surface area contributed by atoms with Crippen LogP contribution in [0.5, 0.6) is 0 Å². The summed E-state index contributed by atoms with van der Waals surface area (Å²) in [5.74, 6) is -1.56. The number of sulfonamides is 1. The second-order valence-electron chi connectivity index (χ2n) is 8.00. The minimum atomic E-state index is -3.87. The molecule has 166 valence electrons. The summed E-state index contributed by atoms with van der Waals surface area (Å²) in [6.07, 6.45) is 1.90. The van der Waals surface area contributed by atoms with Crippen molar-refractivity contribution in [2.75, 3.05) is 24.7 Å². The Hall–Kier alpha value is -1.98. The molecule has 2 fully saturated rings. The van der Waals surface area contributed by atoms with Gasteiger partial charge in [0.1, 0.15) is 6.04 Å². The minimum absolute atomic E-state index is 0.00204. The zero-order chi connectivity index (χ0) is 22.0. The summed E-state index contributed by atoms with van der Waals surface area (Å²) in [4.78, 5) is 24.9. The number of sulfone groups is 1. The molecule has 0 spiro atoms. The molecular formula is C19H26N2O7S2. The number of hydrogen-bond donors (Lipinski definition) is 1. The van der Waals surface area contributed by atoms with E-state index in [9.17, 15) is 26.4 Å². The van der Waals surface area contributed by atoms with Gasteiger partial charge in [-0.15, -0.1) is 0 Å². The first-order valence-electron chi connectivity index (χ1n) is 9.77. The zero-order valence-corrected chi connectivity index (χ0v) is 18.4. The molecule has 9 nitrogen and oxygen atoms in total. The molecule has 30 heavy (non-hydrogen) atoms. The highest BCUT2D eigenvalue weighted by Crippen LogP contribution is 2.26. The van der Waals surface area contributed by atoms with Crippen molar-refractivity contribution in [1.82, 2.24) is 9.62 Å². The van der Waals surface area contributed by atoms with Gasteiger partial charge >= 0.3 is 5.97 Å². The van der Waals surface area contributed by atoms with Crippen LogP contribution in [0.15, 0.2) is 35.2 Å². The molecule has 0 bridgehead atoms. The van der Waals surface area contributed by atoms with Crippen LogP contribution in [0.25, 0.3) is 0 Å². The van der Waals surface area contributed by atoms with Crippen molar-refractivity contribution in [3.05, 3.63) is 30.3 Å². The van der Waals surface area contributed by atoms with E-state index in [1.807, 2.05) is 0 Å². The van der Waals surface area contributed by atoms with Gasteiger partial charge in [-0.2, -0.15) is 4.31 Å². The Bertz CT molecular complexity index is 1010. The van der Waals surface area contributed by atoms with Gasteiger partial charge in [-0.25, -0.2) is 16.8 Å². The highest BCUT2D eigenvalue weighted by molar-refractivity contribution is 7.91. The Morgan fingerprint density at radius 3 is 2.57 bits per heavy atom. The summed E-state index contributed by atoms with van der Waals surface area (Å²) in [6.45, 7) is 1.23. The molecule has 2 atom stereocenters. The predicted molar refractivity (Wildman–Crippen MR) is 109 cm³/mol. The average Bonchev–Trinajstić information content (AvgIpc) is 2.99. The van der Waals surface area contributed by atoms with E-state index in [1.54, 1.807) is 25.1 Å². The lowest BCUT2D eigenvalue weighted by molar-refractivity contribution is -0.153. The molecule has 2 aliphatic heterocycles. The topological polar surface area (TPSA) is 127 Å². The molecule has 1 amide bonds. The van der Waals surface area contributed by atoms with E-state index >= 15 is 0 Å². The fourth-order valence-electron chi connectivity index (χ4n) is 3.87. The number of carbonyl (C=O) groups excluding carboxylic acids is 2. The van der Waals surface area contributed by atoms with Crippen LogP contribution in [0.2, 0.25) is 0 Å². The van der Waals surface area contributed by atoms with Crippen LogP contribution in [-0.2, 0) is 34.2 Å². The second-order valence-corrected chi connectivity index (χ2v) is 12.1. The quantitative estimate of drug-likeness (QED) is 0.614. The summed E-state index contributed by atoms with van der Waals surface area (Å²) < 4.78 is 55.4. The standard InChI is InChI=1S/C19H26N2O7S2/c1-19(10-12-29(24,25)14-19)20-17(22)13-28-18(23)16-9-5-6-11-21(16)30(26,27)15-7-3-2-4-8-15/h2-4,7-8,16H,5-6,9-14H2,1H3,(H,20,22). The maximum Gasteiger partial charge on any atom is 0.324 e. The van der Waals surface area contributed by atoms with Crippen molar-refractivity contribution in [2.45, 2.75) is 49.1 Å². The number of nitrogens with one attached hydrogen (secondary N) is 1. The number of hydrogen-bond acceptors (Lipinski definition) is 7. The van der Waals surface area contributed by atoms with Gasteiger partial charge in [0, 0.05) is 6.54 Å². The molecule has 11 heteroatoms. The van der Waals surface area contributed by atoms with Crippen LogP contribution < -0.4 is 5.32 Å². The van der Waals surface area contributed by atoms with Crippen molar-refractivity contribution in [3.8, 4) is 0 Å². The number of rotatable bonds is 6. The van der Waals surface area contributed by atoms with Crippen LogP contribution in [0.3, 0.4) is 0 Å². The molecule has 1 N–H and O–H groups in total. The number of piperidine rings is 1. The summed E-state index contributed by atoms with van der Waals surface area (Å²) in [6, 6.07) is 6.86. The number of amides is 1. The van der Waals surface area contributed by atoms with E-state index in [0.717, 1.165) is 4.31 Å². The molecule has 1 aromatic carbocycles. The van der Waals surface area contributed by atoms with Crippen LogP contribution in [0.4, 0.5) is 0 Å². The van der Waals surface area contributed by atoms with Gasteiger partial charge in [-0.05, 0) is 44.7 Å². The Labute approximate surface area is 176 Å². The summed E-state index contributed by atoms with van der Waals surface area (Å²) >= 11 is 0. The van der Waals surface area contributed by atoms with Crippen molar-refractivity contribution >= 4 is 31.7 Å². The highest BCUT2D eigenvalue weighted by atomic mass is 32.2. The summed E-state index contributed by atoms with van der Waals surface area (Å²) in [5.41, 5.74) is -0.893. The smallest absolute Gasteiger partial charge is 0.324 e. The number of ether oxygens (including phenoxy) is 1. The normalized spacial score (nSPS) is 26.8. The van der Waals surface area contributed by atoms with E-state index in [1.165, 1.54) is 12.1 Å². The van der Waals surface area contributed by atoms with Gasteiger partial charge in [0.2, 0.25) is 10.0 Å². The largest absolute Gasteiger partial charge is 0.454 e. The average molecular weight is 459 g/mol. The molecule has 2 heterocycles. The number of carbonyl (C=O) groups is 2. The maximum absolute atomic E-state index is 13.0. The Morgan fingerprint density at radius 1 is 1.23 bits per heavy atom. The van der Waals surface area contributed by atoms with Gasteiger partial charge in [0.25, 0.3) is 5.91 Å². The Morgan fingerprint density at radius 2 is 1.93 bits per heavy atom. The molecule has 0 aromatic heterocycles. The number of benzene rings is 1. The van der Waals surface area contributed by atoms with Crippen molar-refractivity contribution in [2.24, 2.45) is 0 Å². The number of nitrogens with zero attached hydrogens (tertiary/aromatic N) is 1. The van der Waals surface area contributed by atoms with Gasteiger partial charge in [0.05, 0.1) is 21.9 Å². The lowest BCUT2D eigenvalue weighted by Gasteiger charge is -2.33. The van der Waals surface area contributed by atoms with E-state index < -0.39 is 49.9 Å². The monoisotopic (exact) mass is 458 g/mol. The van der Waals surface area contributed by atoms with E-state index in [0.29, 0.717) is 25.7 Å². The first-order chi connectivity index (χ1) is 14.0. The number of esters is 1. The van der Waals surface area contributed by atoms with Crippen LogP contribution in [-0.4, -0.2) is 69.3 Å². The Kier molecular flexibility index (Phi) is 6.54. The Balaban J connectivity index is 1.63. The molecule has 0 radical (unpaired) electrons. The zero-order valence-electron chi connectivity index (χ0n) is 16.7.